The number of carbonyl (C=O) groups excluding carboxylic acids is 2. The van der Waals surface area contributed by atoms with Crippen LogP contribution < -0.4 is 10.1 Å². The Morgan fingerprint density at radius 1 is 0.818 bits per heavy atom. The number of amides is 2. The zero-order valence-corrected chi connectivity index (χ0v) is 18.1. The fourth-order valence-electron chi connectivity index (χ4n) is 3.31. The lowest BCUT2D eigenvalue weighted by Gasteiger charge is -2.19. The number of para-hydroxylation sites is 2. The van der Waals surface area contributed by atoms with Gasteiger partial charge in [-0.3, -0.25) is 14.6 Å². The summed E-state index contributed by atoms with van der Waals surface area (Å²) in [7, 11) is 1.73. The van der Waals surface area contributed by atoms with E-state index in [2.05, 4.69) is 10.3 Å². The molecule has 0 atom stereocenters. The van der Waals surface area contributed by atoms with E-state index in [9.17, 15) is 9.59 Å². The third-order valence-electron chi connectivity index (χ3n) is 5.02. The fourth-order valence-corrected chi connectivity index (χ4v) is 3.31. The highest BCUT2D eigenvalue weighted by atomic mass is 16.5. The summed E-state index contributed by atoms with van der Waals surface area (Å²) in [6, 6.07) is 27.0. The van der Waals surface area contributed by atoms with Crippen LogP contribution in [0.2, 0.25) is 0 Å². The van der Waals surface area contributed by atoms with Gasteiger partial charge in [-0.1, -0.05) is 30.3 Å². The van der Waals surface area contributed by atoms with Gasteiger partial charge in [-0.2, -0.15) is 0 Å². The standard InChI is InChI=1S/C27H23N3O3/c1-30(19-20-15-17-28-18-16-20)27(32)24-9-5-6-10-25(24)29-26(31)21-11-13-23(14-12-21)33-22-7-3-2-4-8-22/h2-18H,19H2,1H3,(H,29,31). The second kappa shape index (κ2) is 10.2. The molecule has 2 amide bonds. The van der Waals surface area contributed by atoms with Crippen LogP contribution in [0.25, 0.3) is 0 Å². The number of nitrogens with zero attached hydrogens (tertiary/aromatic N) is 2. The molecule has 1 aromatic heterocycles. The monoisotopic (exact) mass is 437 g/mol. The summed E-state index contributed by atoms with van der Waals surface area (Å²) in [5.74, 6) is 0.858. The minimum atomic E-state index is -0.307. The molecule has 33 heavy (non-hydrogen) atoms. The number of pyridine rings is 1. The van der Waals surface area contributed by atoms with Crippen molar-refractivity contribution in [3.05, 3.63) is 120 Å². The molecule has 0 aliphatic heterocycles. The van der Waals surface area contributed by atoms with Crippen molar-refractivity contribution in [2.45, 2.75) is 6.54 Å². The van der Waals surface area contributed by atoms with Crippen molar-refractivity contribution in [3.8, 4) is 11.5 Å². The Labute approximate surface area is 192 Å². The molecule has 0 aliphatic carbocycles. The lowest BCUT2D eigenvalue weighted by Crippen LogP contribution is -2.27. The Kier molecular flexibility index (Phi) is 6.75. The third kappa shape index (κ3) is 5.62. The lowest BCUT2D eigenvalue weighted by molar-refractivity contribution is 0.0786. The fraction of sp³-hybridized carbons (Fsp3) is 0.0741. The van der Waals surface area contributed by atoms with Crippen LogP contribution in [0, 0.1) is 0 Å². The average molecular weight is 437 g/mol. The first kappa shape index (κ1) is 21.8. The quantitative estimate of drug-likeness (QED) is 0.420. The molecule has 6 nitrogen and oxygen atoms in total. The average Bonchev–Trinajstić information content (AvgIpc) is 2.85. The Morgan fingerprint density at radius 2 is 1.45 bits per heavy atom. The Balaban J connectivity index is 1.44. The van der Waals surface area contributed by atoms with E-state index in [4.69, 9.17) is 4.74 Å². The lowest BCUT2D eigenvalue weighted by atomic mass is 10.1. The molecule has 1 heterocycles. The molecule has 0 saturated heterocycles. The molecular formula is C27H23N3O3. The summed E-state index contributed by atoms with van der Waals surface area (Å²) in [6.45, 7) is 0.437. The summed E-state index contributed by atoms with van der Waals surface area (Å²) in [5.41, 5.74) is 2.31. The maximum atomic E-state index is 13.0. The van der Waals surface area contributed by atoms with Crippen molar-refractivity contribution in [2.75, 3.05) is 12.4 Å². The minimum Gasteiger partial charge on any atom is -0.457 e. The third-order valence-corrected chi connectivity index (χ3v) is 5.02. The van der Waals surface area contributed by atoms with Crippen LogP contribution in [0.4, 0.5) is 5.69 Å². The number of hydrogen-bond acceptors (Lipinski definition) is 4. The van der Waals surface area contributed by atoms with Crippen LogP contribution in [0.3, 0.4) is 0 Å². The van der Waals surface area contributed by atoms with Crippen LogP contribution in [0.15, 0.2) is 103 Å². The van der Waals surface area contributed by atoms with Crippen molar-refractivity contribution in [1.29, 1.82) is 0 Å². The normalized spacial score (nSPS) is 10.3. The van der Waals surface area contributed by atoms with Crippen molar-refractivity contribution in [1.82, 2.24) is 9.88 Å². The molecule has 0 fully saturated rings. The van der Waals surface area contributed by atoms with Crippen molar-refractivity contribution >= 4 is 17.5 Å². The first-order valence-corrected chi connectivity index (χ1v) is 10.5. The van der Waals surface area contributed by atoms with E-state index in [-0.39, 0.29) is 11.8 Å². The van der Waals surface area contributed by atoms with Gasteiger partial charge in [0, 0.05) is 31.5 Å². The number of rotatable bonds is 7. The summed E-state index contributed by atoms with van der Waals surface area (Å²) in [6.07, 6.45) is 3.38. The van der Waals surface area contributed by atoms with Gasteiger partial charge in [0.1, 0.15) is 11.5 Å². The van der Waals surface area contributed by atoms with E-state index in [1.807, 2.05) is 42.5 Å². The van der Waals surface area contributed by atoms with Gasteiger partial charge < -0.3 is 15.0 Å². The molecule has 0 spiro atoms. The zero-order valence-electron chi connectivity index (χ0n) is 18.1. The second-order valence-corrected chi connectivity index (χ2v) is 7.46. The van der Waals surface area contributed by atoms with Crippen LogP contribution in [-0.2, 0) is 6.54 Å². The number of benzene rings is 3. The summed E-state index contributed by atoms with van der Waals surface area (Å²) in [5, 5.41) is 2.86. The maximum Gasteiger partial charge on any atom is 0.256 e. The molecule has 164 valence electrons. The maximum absolute atomic E-state index is 13.0. The Morgan fingerprint density at radius 3 is 2.18 bits per heavy atom. The number of hydrogen-bond donors (Lipinski definition) is 1. The number of anilines is 1. The Bertz CT molecular complexity index is 1230. The van der Waals surface area contributed by atoms with Crippen LogP contribution in [0.5, 0.6) is 11.5 Å². The van der Waals surface area contributed by atoms with Gasteiger partial charge in [-0.25, -0.2) is 0 Å². The van der Waals surface area contributed by atoms with Crippen molar-refractivity contribution in [3.63, 3.8) is 0 Å². The first-order valence-electron chi connectivity index (χ1n) is 10.5. The van der Waals surface area contributed by atoms with Crippen LogP contribution in [0.1, 0.15) is 26.3 Å². The molecule has 0 saturated carbocycles. The van der Waals surface area contributed by atoms with Crippen molar-refractivity contribution < 1.29 is 14.3 Å². The summed E-state index contributed by atoms with van der Waals surface area (Å²) < 4.78 is 5.77. The minimum absolute atomic E-state index is 0.186. The Hall–Kier alpha value is -4.45. The highest BCUT2D eigenvalue weighted by Crippen LogP contribution is 2.23. The predicted octanol–water partition coefficient (Wildman–Crippen LogP) is 5.40. The number of aromatic nitrogens is 1. The summed E-state index contributed by atoms with van der Waals surface area (Å²) in [4.78, 5) is 31.5. The van der Waals surface area contributed by atoms with Gasteiger partial charge in [0.25, 0.3) is 11.8 Å². The van der Waals surface area contributed by atoms with E-state index in [1.54, 1.807) is 72.9 Å². The van der Waals surface area contributed by atoms with Crippen LogP contribution >= 0.6 is 0 Å². The molecule has 3 aromatic carbocycles. The van der Waals surface area contributed by atoms with Gasteiger partial charge in [-0.05, 0) is 66.2 Å². The summed E-state index contributed by atoms with van der Waals surface area (Å²) >= 11 is 0. The molecule has 1 N–H and O–H groups in total. The van der Waals surface area contributed by atoms with Gasteiger partial charge in [-0.15, -0.1) is 0 Å². The predicted molar refractivity (Wildman–Crippen MR) is 127 cm³/mol. The number of ether oxygens (including phenoxy) is 1. The van der Waals surface area contributed by atoms with Gasteiger partial charge >= 0.3 is 0 Å². The second-order valence-electron chi connectivity index (χ2n) is 7.46. The molecule has 0 bridgehead atoms. The van der Waals surface area contributed by atoms with E-state index < -0.39 is 0 Å². The van der Waals surface area contributed by atoms with Gasteiger partial charge in [0.2, 0.25) is 0 Å². The molecule has 4 aromatic rings. The SMILES string of the molecule is CN(Cc1ccncc1)C(=O)c1ccccc1NC(=O)c1ccc(Oc2ccccc2)cc1. The highest BCUT2D eigenvalue weighted by Gasteiger charge is 2.18. The number of carbonyl (C=O) groups is 2. The molecule has 0 radical (unpaired) electrons. The van der Waals surface area contributed by atoms with E-state index in [1.165, 1.54) is 0 Å². The molecule has 0 unspecified atom stereocenters. The van der Waals surface area contributed by atoms with Crippen LogP contribution in [-0.4, -0.2) is 28.7 Å². The smallest absolute Gasteiger partial charge is 0.256 e. The molecule has 0 aliphatic rings. The first-order chi connectivity index (χ1) is 16.1. The topological polar surface area (TPSA) is 71.5 Å². The highest BCUT2D eigenvalue weighted by molar-refractivity contribution is 6.09. The molecule has 6 heteroatoms. The van der Waals surface area contributed by atoms with Gasteiger partial charge in [0.05, 0.1) is 11.3 Å². The molecule has 4 rings (SSSR count). The largest absolute Gasteiger partial charge is 0.457 e. The van der Waals surface area contributed by atoms with E-state index in [0.717, 1.165) is 11.3 Å². The number of nitrogens with one attached hydrogen (secondary N) is 1. The zero-order chi connectivity index (χ0) is 23.0. The van der Waals surface area contributed by atoms with E-state index >= 15 is 0 Å². The van der Waals surface area contributed by atoms with Crippen molar-refractivity contribution in [2.24, 2.45) is 0 Å². The van der Waals surface area contributed by atoms with E-state index in [0.29, 0.717) is 29.1 Å². The van der Waals surface area contributed by atoms with Gasteiger partial charge in [0.15, 0.2) is 0 Å². The molecular weight excluding hydrogens is 414 g/mol.